The molecule has 116 valence electrons. The Morgan fingerprint density at radius 2 is 1.50 bits per heavy atom. The predicted octanol–water partition coefficient (Wildman–Crippen LogP) is -0.877. The van der Waals surface area contributed by atoms with Crippen molar-refractivity contribution in [2.24, 2.45) is 0 Å². The van der Waals surface area contributed by atoms with Crippen molar-refractivity contribution >= 4 is 17.8 Å². The fraction of sp³-hybridized carbons (Fsp3) is 0.750. The molecule has 0 aromatic rings. The molecule has 0 heterocycles. The van der Waals surface area contributed by atoms with E-state index in [0.29, 0.717) is 6.54 Å². The van der Waals surface area contributed by atoms with Crippen LogP contribution in [0.1, 0.15) is 25.7 Å². The molecule has 0 saturated heterocycles. The molecule has 1 amide bonds. The molecular weight excluding hydrogens is 268 g/mol. The molecule has 1 saturated carbocycles. The number of hydrogen-bond acceptors (Lipinski definition) is 5. The molecule has 0 atom stereocenters. The molecule has 8 heteroatoms. The molecule has 1 aliphatic carbocycles. The molecule has 1 aliphatic rings. The van der Waals surface area contributed by atoms with E-state index in [0.717, 1.165) is 25.7 Å². The van der Waals surface area contributed by atoms with Gasteiger partial charge in [-0.25, -0.2) is 9.59 Å². The summed E-state index contributed by atoms with van der Waals surface area (Å²) in [4.78, 5) is 31.4. The van der Waals surface area contributed by atoms with Gasteiger partial charge in [0.05, 0.1) is 12.6 Å². The minimum Gasteiger partial charge on any atom is -0.473 e. The van der Waals surface area contributed by atoms with Gasteiger partial charge in [-0.2, -0.15) is 0 Å². The average Bonchev–Trinajstić information content (AvgIpc) is 2.31. The van der Waals surface area contributed by atoms with E-state index in [9.17, 15) is 9.90 Å². The number of amides is 1. The maximum atomic E-state index is 11.4. The lowest BCUT2D eigenvalue weighted by atomic mass is 9.93. The summed E-state index contributed by atoms with van der Waals surface area (Å²) in [6.45, 7) is 0.444. The number of nitrogens with one attached hydrogen (secondary N) is 1. The van der Waals surface area contributed by atoms with E-state index in [1.165, 1.54) is 0 Å². The summed E-state index contributed by atoms with van der Waals surface area (Å²) in [5, 5.41) is 27.0. The van der Waals surface area contributed by atoms with Gasteiger partial charge in [-0.05, 0) is 39.8 Å². The van der Waals surface area contributed by atoms with Crippen molar-refractivity contribution in [3.63, 3.8) is 0 Å². The number of likely N-dealkylation sites (N-methyl/N-ethyl adjacent to an activating group) is 1. The van der Waals surface area contributed by atoms with Crippen LogP contribution in [-0.4, -0.2) is 70.9 Å². The fourth-order valence-electron chi connectivity index (χ4n) is 1.78. The van der Waals surface area contributed by atoms with Crippen LogP contribution in [0.25, 0.3) is 0 Å². The molecule has 1 rings (SSSR count). The molecule has 0 aromatic heterocycles. The van der Waals surface area contributed by atoms with E-state index in [4.69, 9.17) is 19.8 Å². The largest absolute Gasteiger partial charge is 0.473 e. The Bertz CT molecular complexity index is 325. The van der Waals surface area contributed by atoms with Crippen molar-refractivity contribution in [1.82, 2.24) is 10.2 Å². The van der Waals surface area contributed by atoms with Crippen molar-refractivity contribution in [2.45, 2.75) is 37.8 Å². The van der Waals surface area contributed by atoms with Crippen LogP contribution in [0.5, 0.6) is 0 Å². The Morgan fingerprint density at radius 1 is 1.05 bits per heavy atom. The average molecular weight is 290 g/mol. The summed E-state index contributed by atoms with van der Waals surface area (Å²) < 4.78 is 0. The van der Waals surface area contributed by atoms with Gasteiger partial charge in [0.1, 0.15) is 0 Å². The molecule has 0 aromatic carbocycles. The van der Waals surface area contributed by atoms with Gasteiger partial charge in [-0.15, -0.1) is 0 Å². The summed E-state index contributed by atoms with van der Waals surface area (Å²) in [5.41, 5.74) is 0. The molecule has 0 bridgehead atoms. The number of nitrogens with zero attached hydrogens (tertiary/aromatic N) is 1. The Morgan fingerprint density at radius 3 is 1.85 bits per heavy atom. The lowest BCUT2D eigenvalue weighted by Crippen LogP contribution is -2.42. The second-order valence-corrected chi connectivity index (χ2v) is 4.92. The molecule has 0 spiro atoms. The second-order valence-electron chi connectivity index (χ2n) is 4.92. The Hall–Kier alpha value is -1.67. The van der Waals surface area contributed by atoms with Crippen LogP contribution >= 0.6 is 0 Å². The van der Waals surface area contributed by atoms with Gasteiger partial charge in [0.25, 0.3) is 0 Å². The normalized spacial score (nSPS) is 21.6. The molecule has 4 N–H and O–H groups in total. The van der Waals surface area contributed by atoms with Crippen LogP contribution in [0.15, 0.2) is 0 Å². The second kappa shape index (κ2) is 9.27. The lowest BCUT2D eigenvalue weighted by molar-refractivity contribution is -0.159. The maximum Gasteiger partial charge on any atom is 0.414 e. The highest BCUT2D eigenvalue weighted by atomic mass is 16.4. The van der Waals surface area contributed by atoms with Crippen molar-refractivity contribution in [3.8, 4) is 0 Å². The number of rotatable bonds is 3. The number of aliphatic hydroxyl groups excluding tert-OH is 1. The van der Waals surface area contributed by atoms with Gasteiger partial charge < -0.3 is 25.5 Å². The number of carboxylic acids is 2. The Labute approximate surface area is 117 Å². The Balaban J connectivity index is 0.000000511. The highest BCUT2D eigenvalue weighted by molar-refractivity contribution is 6.27. The van der Waals surface area contributed by atoms with E-state index >= 15 is 0 Å². The lowest BCUT2D eigenvalue weighted by Gasteiger charge is -2.26. The van der Waals surface area contributed by atoms with E-state index in [1.54, 1.807) is 0 Å². The summed E-state index contributed by atoms with van der Waals surface area (Å²) in [6.07, 6.45) is 3.28. The van der Waals surface area contributed by atoms with Crippen LogP contribution in [0.2, 0.25) is 0 Å². The number of aliphatic hydroxyl groups is 1. The fourth-order valence-corrected chi connectivity index (χ4v) is 1.78. The molecule has 0 radical (unpaired) electrons. The first-order valence-electron chi connectivity index (χ1n) is 6.30. The number of carboxylic acid groups (broad SMARTS) is 2. The highest BCUT2D eigenvalue weighted by Crippen LogP contribution is 2.17. The summed E-state index contributed by atoms with van der Waals surface area (Å²) >= 11 is 0. The first-order valence-corrected chi connectivity index (χ1v) is 6.30. The van der Waals surface area contributed by atoms with Crippen LogP contribution in [-0.2, 0) is 14.4 Å². The van der Waals surface area contributed by atoms with Crippen molar-refractivity contribution in [1.29, 1.82) is 0 Å². The third kappa shape index (κ3) is 9.29. The highest BCUT2D eigenvalue weighted by Gasteiger charge is 2.20. The standard InChI is InChI=1S/C10H20N2O2.C2H2O4/c1-12(2)7-10(14)11-8-3-5-9(13)6-4-8;3-1(4)2(5)6/h8-9,13H,3-7H2,1-2H3,(H,11,14);(H,3,4)(H,5,6)/t8-,9-;. The zero-order valence-electron chi connectivity index (χ0n) is 11.7. The van der Waals surface area contributed by atoms with Gasteiger partial charge in [0, 0.05) is 6.04 Å². The summed E-state index contributed by atoms with van der Waals surface area (Å²) in [6, 6.07) is 0.269. The van der Waals surface area contributed by atoms with Crippen LogP contribution in [0.3, 0.4) is 0 Å². The number of hydrogen-bond donors (Lipinski definition) is 4. The molecule has 8 nitrogen and oxygen atoms in total. The van der Waals surface area contributed by atoms with Crippen molar-refractivity contribution < 1.29 is 29.7 Å². The monoisotopic (exact) mass is 290 g/mol. The minimum atomic E-state index is -1.82. The summed E-state index contributed by atoms with van der Waals surface area (Å²) in [7, 11) is 3.76. The van der Waals surface area contributed by atoms with Gasteiger partial charge in [0.15, 0.2) is 0 Å². The van der Waals surface area contributed by atoms with E-state index < -0.39 is 11.9 Å². The third-order valence-corrected chi connectivity index (χ3v) is 2.70. The van der Waals surface area contributed by atoms with E-state index in [-0.39, 0.29) is 18.1 Å². The first-order chi connectivity index (χ1) is 9.22. The minimum absolute atomic E-state index is 0.0800. The van der Waals surface area contributed by atoms with E-state index in [1.807, 2.05) is 19.0 Å². The smallest absolute Gasteiger partial charge is 0.414 e. The van der Waals surface area contributed by atoms with Crippen LogP contribution < -0.4 is 5.32 Å². The van der Waals surface area contributed by atoms with Gasteiger partial charge in [0.2, 0.25) is 5.91 Å². The van der Waals surface area contributed by atoms with Crippen LogP contribution in [0, 0.1) is 0 Å². The maximum absolute atomic E-state index is 11.4. The number of carbonyl (C=O) groups is 3. The van der Waals surface area contributed by atoms with Gasteiger partial charge in [-0.1, -0.05) is 0 Å². The van der Waals surface area contributed by atoms with Crippen LogP contribution in [0.4, 0.5) is 0 Å². The quantitative estimate of drug-likeness (QED) is 0.497. The molecule has 20 heavy (non-hydrogen) atoms. The van der Waals surface area contributed by atoms with Gasteiger partial charge in [-0.3, -0.25) is 4.79 Å². The summed E-state index contributed by atoms with van der Waals surface area (Å²) in [5.74, 6) is -3.57. The number of carbonyl (C=O) groups excluding carboxylic acids is 1. The van der Waals surface area contributed by atoms with Crippen molar-refractivity contribution in [3.05, 3.63) is 0 Å². The predicted molar refractivity (Wildman–Crippen MR) is 70.2 cm³/mol. The van der Waals surface area contributed by atoms with Gasteiger partial charge >= 0.3 is 11.9 Å². The SMILES string of the molecule is CN(C)CC(=O)N[C@H]1CC[C@H](O)CC1.O=C(O)C(=O)O. The molecule has 0 aliphatic heterocycles. The molecule has 1 fully saturated rings. The van der Waals surface area contributed by atoms with Crippen molar-refractivity contribution in [2.75, 3.05) is 20.6 Å². The number of aliphatic carboxylic acids is 2. The van der Waals surface area contributed by atoms with E-state index in [2.05, 4.69) is 5.32 Å². The third-order valence-electron chi connectivity index (χ3n) is 2.70. The Kier molecular flexibility index (Phi) is 8.49. The topological polar surface area (TPSA) is 127 Å². The molecular formula is C12H22N2O6. The zero-order valence-corrected chi connectivity index (χ0v) is 11.7. The first kappa shape index (κ1) is 18.3. The zero-order chi connectivity index (χ0) is 15.7. The molecule has 0 unspecified atom stereocenters.